The van der Waals surface area contributed by atoms with Gasteiger partial charge in [0.1, 0.15) is 12.7 Å². The zero-order valence-corrected chi connectivity index (χ0v) is 29.8. The molecule has 0 aromatic carbocycles. The van der Waals surface area contributed by atoms with Crippen LogP contribution in [-0.4, -0.2) is 87.7 Å². The number of aliphatic imine (C=N–C) groups is 1. The number of hydrogen-bond acceptors (Lipinski definition) is 9. The number of nitrogens with zero attached hydrogens (tertiary/aromatic N) is 1. The molecule has 4 aliphatic carbocycles. The Balaban J connectivity index is 1.19. The predicted octanol–water partition coefficient (Wildman–Crippen LogP) is 5.79. The van der Waals surface area contributed by atoms with E-state index in [2.05, 4.69) is 20.1 Å². The fraction of sp³-hybridized carbons (Fsp3) is 0.897. The van der Waals surface area contributed by atoms with Crippen LogP contribution in [0, 0.1) is 28.6 Å². The van der Waals surface area contributed by atoms with E-state index in [1.807, 2.05) is 0 Å². The second-order valence-electron chi connectivity index (χ2n) is 16.7. The van der Waals surface area contributed by atoms with E-state index in [1.54, 1.807) is 13.0 Å². The lowest BCUT2D eigenvalue weighted by Gasteiger charge is -2.66. The standard InChI is InChI=1S/C39H63NO8/c1-4-5-6-7-8-9-10-11-20-40-25-37-17-12-28(48-34-22-32(41)35(43)26(2)47-34)23-38(37,44)18-14-31-30(37)13-16-36(3)29(15-19-39(31,36)45)27-21-33(42)46-24-27/h21,25-26,28-32,34-35,41,43-45H,4-20,22-24H2,1-3H3/t26?,28-,29+,30-,31+,32?,34?,35?,36+,37-,38-,39-/m0/s1. The third kappa shape index (κ3) is 6.58. The lowest BCUT2D eigenvalue weighted by atomic mass is 9.41. The van der Waals surface area contributed by atoms with Crippen molar-refractivity contribution in [2.24, 2.45) is 33.6 Å². The molecule has 2 aliphatic heterocycles. The largest absolute Gasteiger partial charge is 0.458 e. The molecule has 0 spiro atoms. The van der Waals surface area contributed by atoms with Gasteiger partial charge in [0, 0.05) is 42.5 Å². The van der Waals surface area contributed by atoms with E-state index in [0.29, 0.717) is 32.3 Å². The molecule has 0 aromatic rings. The zero-order valence-electron chi connectivity index (χ0n) is 29.8. The maximum atomic E-state index is 12.8. The molecule has 0 amide bonds. The van der Waals surface area contributed by atoms with E-state index >= 15 is 0 Å². The first kappa shape index (κ1) is 36.4. The van der Waals surface area contributed by atoms with Gasteiger partial charge in [-0.1, -0.05) is 58.8 Å². The average Bonchev–Trinajstić information content (AvgIpc) is 3.60. The van der Waals surface area contributed by atoms with Gasteiger partial charge in [-0.2, -0.15) is 0 Å². The number of aliphatic hydroxyl groups excluding tert-OH is 2. The molecule has 6 aliphatic rings. The second kappa shape index (κ2) is 14.7. The SMILES string of the molecule is CCCCCCCCCCN=C[C@]12CC[C@H](OC3CC(O)C(O)C(C)O3)C[C@@]1(O)CC[C@@H]1[C@@H]2CC[C@]2(C)[C@@H](C3=CC(=O)OC3)CC[C@]12O. The summed E-state index contributed by atoms with van der Waals surface area (Å²) in [5, 5.41) is 46.1. The van der Waals surface area contributed by atoms with Gasteiger partial charge in [0.05, 0.1) is 29.5 Å². The Hall–Kier alpha value is -1.36. The van der Waals surface area contributed by atoms with Crippen molar-refractivity contribution in [1.82, 2.24) is 0 Å². The van der Waals surface area contributed by atoms with E-state index in [4.69, 9.17) is 19.2 Å². The summed E-state index contributed by atoms with van der Waals surface area (Å²) in [6, 6.07) is 0. The van der Waals surface area contributed by atoms with E-state index in [0.717, 1.165) is 50.6 Å². The summed E-state index contributed by atoms with van der Waals surface area (Å²) in [5.74, 6) is -0.0240. The molecule has 9 nitrogen and oxygen atoms in total. The normalized spacial score (nSPS) is 45.8. The highest BCUT2D eigenvalue weighted by Crippen LogP contribution is 2.70. The summed E-state index contributed by atoms with van der Waals surface area (Å²) < 4.78 is 17.6. The van der Waals surface area contributed by atoms with Crippen LogP contribution in [0.2, 0.25) is 0 Å². The molecule has 1 saturated heterocycles. The highest BCUT2D eigenvalue weighted by Gasteiger charge is 2.71. The van der Waals surface area contributed by atoms with Gasteiger partial charge in [-0.3, -0.25) is 4.99 Å². The summed E-state index contributed by atoms with van der Waals surface area (Å²) in [4.78, 5) is 17.1. The molecule has 9 heteroatoms. The van der Waals surface area contributed by atoms with Gasteiger partial charge in [-0.25, -0.2) is 4.79 Å². The average molecular weight is 674 g/mol. The van der Waals surface area contributed by atoms with Gasteiger partial charge in [-0.05, 0) is 88.0 Å². The Morgan fingerprint density at radius 1 is 0.958 bits per heavy atom. The predicted molar refractivity (Wildman–Crippen MR) is 183 cm³/mol. The first-order chi connectivity index (χ1) is 23.0. The molecule has 4 saturated carbocycles. The van der Waals surface area contributed by atoms with E-state index in [1.165, 1.54) is 44.9 Å². The van der Waals surface area contributed by atoms with Crippen LogP contribution < -0.4 is 0 Å². The van der Waals surface area contributed by atoms with Gasteiger partial charge in [-0.15, -0.1) is 0 Å². The second-order valence-corrected chi connectivity index (χ2v) is 16.7. The lowest BCUT2D eigenvalue weighted by molar-refractivity contribution is -0.282. The number of unbranched alkanes of at least 4 members (excludes halogenated alkanes) is 7. The third-order valence-electron chi connectivity index (χ3n) is 14.1. The van der Waals surface area contributed by atoms with Gasteiger partial charge in [0.2, 0.25) is 0 Å². The highest BCUT2D eigenvalue weighted by molar-refractivity contribution is 5.85. The Morgan fingerprint density at radius 3 is 2.40 bits per heavy atom. The molecule has 5 fully saturated rings. The first-order valence-corrected chi connectivity index (χ1v) is 19.5. The van der Waals surface area contributed by atoms with Crippen molar-refractivity contribution in [1.29, 1.82) is 0 Å². The number of rotatable bonds is 13. The number of cyclic esters (lactones) is 1. The summed E-state index contributed by atoms with van der Waals surface area (Å²) in [7, 11) is 0. The molecular weight excluding hydrogens is 610 g/mol. The molecular formula is C39H63NO8. The monoisotopic (exact) mass is 673 g/mol. The minimum atomic E-state index is -1.03. The van der Waals surface area contributed by atoms with Gasteiger partial charge < -0.3 is 34.6 Å². The number of ether oxygens (including phenoxy) is 3. The minimum absolute atomic E-state index is 0.0337. The Kier molecular flexibility index (Phi) is 11.2. The molecule has 272 valence electrons. The van der Waals surface area contributed by atoms with Crippen LogP contribution >= 0.6 is 0 Å². The molecule has 0 aromatic heterocycles. The molecule has 0 radical (unpaired) electrons. The third-order valence-corrected chi connectivity index (χ3v) is 14.1. The van der Waals surface area contributed by atoms with Crippen molar-refractivity contribution >= 4 is 12.2 Å². The minimum Gasteiger partial charge on any atom is -0.458 e. The van der Waals surface area contributed by atoms with E-state index in [9.17, 15) is 25.2 Å². The van der Waals surface area contributed by atoms with E-state index < -0.39 is 41.2 Å². The van der Waals surface area contributed by atoms with Crippen LogP contribution in [0.1, 0.15) is 136 Å². The Labute approximate surface area is 287 Å². The Morgan fingerprint density at radius 2 is 1.69 bits per heavy atom. The molecule has 6 rings (SSSR count). The Bertz CT molecular complexity index is 1180. The molecule has 2 heterocycles. The van der Waals surface area contributed by atoms with E-state index in [-0.39, 0.29) is 41.7 Å². The summed E-state index contributed by atoms with van der Waals surface area (Å²) in [6.45, 7) is 7.31. The summed E-state index contributed by atoms with van der Waals surface area (Å²) in [6.07, 6.45) is 17.2. The topological polar surface area (TPSA) is 138 Å². The summed E-state index contributed by atoms with van der Waals surface area (Å²) >= 11 is 0. The number of carbonyl (C=O) groups excluding carboxylic acids is 1. The van der Waals surface area contributed by atoms with Crippen LogP contribution in [0.4, 0.5) is 0 Å². The fourth-order valence-corrected chi connectivity index (χ4v) is 11.3. The lowest BCUT2D eigenvalue weighted by Crippen LogP contribution is -2.69. The van der Waals surface area contributed by atoms with Crippen LogP contribution in [0.3, 0.4) is 0 Å². The van der Waals surface area contributed by atoms with Gasteiger partial charge >= 0.3 is 5.97 Å². The number of esters is 1. The summed E-state index contributed by atoms with van der Waals surface area (Å²) in [5.41, 5.74) is -1.80. The fourth-order valence-electron chi connectivity index (χ4n) is 11.3. The number of hydrogen-bond donors (Lipinski definition) is 4. The number of aliphatic hydroxyl groups is 4. The maximum absolute atomic E-state index is 12.8. The quantitative estimate of drug-likeness (QED) is 0.0835. The molecule has 12 atom stereocenters. The van der Waals surface area contributed by atoms with Crippen molar-refractivity contribution in [3.63, 3.8) is 0 Å². The number of carbonyl (C=O) groups is 1. The maximum Gasteiger partial charge on any atom is 0.331 e. The van der Waals surface area contributed by atoms with Crippen LogP contribution in [0.15, 0.2) is 16.6 Å². The molecule has 0 bridgehead atoms. The zero-order chi connectivity index (χ0) is 34.2. The van der Waals surface area contributed by atoms with Crippen molar-refractivity contribution < 1.29 is 39.4 Å². The van der Waals surface area contributed by atoms with Crippen molar-refractivity contribution in [2.75, 3.05) is 13.2 Å². The number of fused-ring (bicyclic) bond motifs is 5. The van der Waals surface area contributed by atoms with Crippen molar-refractivity contribution in [3.05, 3.63) is 11.6 Å². The molecule has 4 unspecified atom stereocenters. The van der Waals surface area contributed by atoms with Crippen LogP contribution in [0.5, 0.6) is 0 Å². The van der Waals surface area contributed by atoms with Gasteiger partial charge in [0.15, 0.2) is 6.29 Å². The van der Waals surface area contributed by atoms with Gasteiger partial charge in [0.25, 0.3) is 0 Å². The van der Waals surface area contributed by atoms with Crippen LogP contribution in [0.25, 0.3) is 0 Å². The van der Waals surface area contributed by atoms with Crippen molar-refractivity contribution in [2.45, 2.75) is 178 Å². The first-order valence-electron chi connectivity index (χ1n) is 19.5. The molecule has 4 N–H and O–H groups in total. The van der Waals surface area contributed by atoms with Crippen molar-refractivity contribution in [3.8, 4) is 0 Å². The highest BCUT2D eigenvalue weighted by atomic mass is 16.7. The molecule has 48 heavy (non-hydrogen) atoms. The van der Waals surface area contributed by atoms with Crippen LogP contribution in [-0.2, 0) is 19.0 Å². The smallest absolute Gasteiger partial charge is 0.331 e.